The molecule has 0 aliphatic heterocycles. The van der Waals surface area contributed by atoms with Crippen LogP contribution in [0.1, 0.15) is 0 Å². The summed E-state index contributed by atoms with van der Waals surface area (Å²) in [5, 5.41) is 0. The summed E-state index contributed by atoms with van der Waals surface area (Å²) >= 11 is 0. The largest absolute Gasteiger partial charge is 0.346 e. The Morgan fingerprint density at radius 1 is 1.00 bits per heavy atom. The Balaban J connectivity index is 0.000000180. The summed E-state index contributed by atoms with van der Waals surface area (Å²) in [5.41, 5.74) is 0. The van der Waals surface area contributed by atoms with Crippen molar-refractivity contribution in [3.8, 4) is 0 Å². The molecule has 0 aliphatic carbocycles. The first-order valence-corrected chi connectivity index (χ1v) is 4.78. The van der Waals surface area contributed by atoms with Crippen molar-refractivity contribution in [3.05, 3.63) is 36.4 Å². The molecule has 1 rings (SSSR count). The second-order valence-electron chi connectivity index (χ2n) is 1.67. The van der Waals surface area contributed by atoms with Gasteiger partial charge in [-0.1, -0.05) is 36.4 Å². The van der Waals surface area contributed by atoms with Gasteiger partial charge in [0.25, 0.3) is 0 Å². The molecule has 0 aromatic heterocycles. The van der Waals surface area contributed by atoms with Gasteiger partial charge in [0, 0.05) is 6.66 Å². The van der Waals surface area contributed by atoms with E-state index in [1.54, 1.807) is 0 Å². The van der Waals surface area contributed by atoms with E-state index >= 15 is 0 Å². The minimum atomic E-state index is -2.13. The van der Waals surface area contributed by atoms with Crippen molar-refractivity contribution in [2.24, 2.45) is 0 Å². The van der Waals surface area contributed by atoms with Crippen LogP contribution in [0.2, 0.25) is 0 Å². The number of hydrogen-bond donors (Lipinski definition) is 1. The van der Waals surface area contributed by atoms with Crippen molar-refractivity contribution in [2.45, 2.75) is 0 Å². The molecule has 0 saturated heterocycles. The standard InChI is InChI=1S/C6H6.CH5O2P/c1-2-4-6-5-3-1;1-4(2)3/h1-6H;4H,1H3,(H,2,3). The highest BCUT2D eigenvalue weighted by Gasteiger charge is 1.60. The average Bonchev–Trinajstić information content (AvgIpc) is 1.90. The molecule has 3 heteroatoms. The molecule has 0 radical (unpaired) electrons. The van der Waals surface area contributed by atoms with Crippen LogP contribution in [0.3, 0.4) is 0 Å². The van der Waals surface area contributed by atoms with Crippen LogP contribution in [0.5, 0.6) is 0 Å². The van der Waals surface area contributed by atoms with Gasteiger partial charge in [0.15, 0.2) is 8.03 Å². The second kappa shape index (κ2) is 6.53. The Morgan fingerprint density at radius 2 is 1.10 bits per heavy atom. The van der Waals surface area contributed by atoms with Gasteiger partial charge in [0.2, 0.25) is 0 Å². The first kappa shape index (κ1) is 9.41. The molecule has 1 aromatic rings. The van der Waals surface area contributed by atoms with Crippen LogP contribution in [-0.2, 0) is 4.57 Å². The molecule has 0 fully saturated rings. The first-order valence-electron chi connectivity index (χ1n) is 2.93. The third kappa shape index (κ3) is 10.4. The quantitative estimate of drug-likeness (QED) is 0.584. The van der Waals surface area contributed by atoms with Gasteiger partial charge in [-0.2, -0.15) is 0 Å². The summed E-state index contributed by atoms with van der Waals surface area (Å²) < 4.78 is 9.19. The monoisotopic (exact) mass is 158 g/mol. The highest BCUT2D eigenvalue weighted by atomic mass is 31.1. The van der Waals surface area contributed by atoms with E-state index in [2.05, 4.69) is 0 Å². The smallest absolute Gasteiger partial charge is 0.186 e. The lowest BCUT2D eigenvalue weighted by atomic mass is 10.4. The van der Waals surface area contributed by atoms with Crippen molar-refractivity contribution in [1.29, 1.82) is 0 Å². The molecule has 0 heterocycles. The van der Waals surface area contributed by atoms with Gasteiger partial charge in [-0.3, -0.25) is 4.57 Å². The van der Waals surface area contributed by atoms with Gasteiger partial charge >= 0.3 is 0 Å². The molecule has 2 nitrogen and oxygen atoms in total. The van der Waals surface area contributed by atoms with Crippen LogP contribution >= 0.6 is 8.03 Å². The molecule has 0 saturated carbocycles. The van der Waals surface area contributed by atoms with E-state index < -0.39 is 8.03 Å². The molecule has 0 bridgehead atoms. The van der Waals surface area contributed by atoms with Crippen molar-refractivity contribution in [3.63, 3.8) is 0 Å². The van der Waals surface area contributed by atoms with Crippen molar-refractivity contribution in [1.82, 2.24) is 0 Å². The molecule has 1 unspecified atom stereocenters. The van der Waals surface area contributed by atoms with E-state index in [0.717, 1.165) is 0 Å². The van der Waals surface area contributed by atoms with E-state index in [4.69, 9.17) is 4.89 Å². The van der Waals surface area contributed by atoms with Crippen molar-refractivity contribution < 1.29 is 9.46 Å². The molecule has 1 aromatic carbocycles. The molecule has 0 spiro atoms. The molecule has 0 aliphatic rings. The predicted octanol–water partition coefficient (Wildman–Crippen LogP) is 1.77. The maximum atomic E-state index is 9.19. The molecular weight excluding hydrogens is 147 g/mol. The fourth-order valence-electron chi connectivity index (χ4n) is 0.385. The summed E-state index contributed by atoms with van der Waals surface area (Å²) in [6, 6.07) is 12.0. The van der Waals surface area contributed by atoms with E-state index in [0.29, 0.717) is 0 Å². The first-order chi connectivity index (χ1) is 4.73. The number of hydrogen-bond acceptors (Lipinski definition) is 1. The fourth-order valence-corrected chi connectivity index (χ4v) is 0.385. The van der Waals surface area contributed by atoms with Crippen LogP contribution in [0.15, 0.2) is 36.4 Å². The zero-order chi connectivity index (χ0) is 7.82. The highest BCUT2D eigenvalue weighted by molar-refractivity contribution is 7.36. The topological polar surface area (TPSA) is 37.3 Å². The summed E-state index contributed by atoms with van der Waals surface area (Å²) in [6.07, 6.45) is 0. The highest BCUT2D eigenvalue weighted by Crippen LogP contribution is 1.99. The molecule has 0 amide bonds. The third-order valence-corrected chi connectivity index (χ3v) is 0.667. The third-order valence-electron chi connectivity index (χ3n) is 0.667. The Kier molecular flexibility index (Phi) is 6.14. The van der Waals surface area contributed by atoms with E-state index in [-0.39, 0.29) is 0 Å². The van der Waals surface area contributed by atoms with Gasteiger partial charge in [-0.25, -0.2) is 0 Å². The van der Waals surface area contributed by atoms with Crippen LogP contribution < -0.4 is 0 Å². The lowest BCUT2D eigenvalue weighted by Gasteiger charge is -1.69. The minimum absolute atomic E-state index is 1.27. The maximum Gasteiger partial charge on any atom is 0.186 e. The van der Waals surface area contributed by atoms with Crippen molar-refractivity contribution in [2.75, 3.05) is 6.66 Å². The Hall–Kier alpha value is -0.590. The predicted molar refractivity (Wildman–Crippen MR) is 43.6 cm³/mol. The Bertz CT molecular complexity index is 144. The summed E-state index contributed by atoms with van der Waals surface area (Å²) in [6.45, 7) is 1.27. The number of rotatable bonds is 0. The molecular formula is C7H11O2P. The van der Waals surface area contributed by atoms with E-state index in [1.165, 1.54) is 6.66 Å². The summed E-state index contributed by atoms with van der Waals surface area (Å²) in [4.78, 5) is 7.60. The SMILES string of the molecule is C[PH](=O)O.c1ccccc1. The van der Waals surface area contributed by atoms with E-state index in [9.17, 15) is 4.57 Å². The Morgan fingerprint density at radius 3 is 1.20 bits per heavy atom. The zero-order valence-electron chi connectivity index (χ0n) is 5.82. The van der Waals surface area contributed by atoms with E-state index in [1.807, 2.05) is 36.4 Å². The Labute approximate surface area is 61.4 Å². The molecule has 1 N–H and O–H groups in total. The maximum absolute atomic E-state index is 9.19. The second-order valence-corrected chi connectivity index (χ2v) is 2.71. The zero-order valence-corrected chi connectivity index (χ0v) is 6.82. The van der Waals surface area contributed by atoms with Gasteiger partial charge < -0.3 is 4.89 Å². The summed E-state index contributed by atoms with van der Waals surface area (Å²) in [5.74, 6) is 0. The van der Waals surface area contributed by atoms with Gasteiger partial charge in [0.05, 0.1) is 0 Å². The van der Waals surface area contributed by atoms with Gasteiger partial charge in [-0.15, -0.1) is 0 Å². The van der Waals surface area contributed by atoms with Gasteiger partial charge in [0.1, 0.15) is 0 Å². The number of benzene rings is 1. The molecule has 56 valence electrons. The lowest BCUT2D eigenvalue weighted by Crippen LogP contribution is -1.47. The normalized spacial score (nSPS) is 11.0. The van der Waals surface area contributed by atoms with Crippen LogP contribution in [0.25, 0.3) is 0 Å². The van der Waals surface area contributed by atoms with Crippen LogP contribution in [0.4, 0.5) is 0 Å². The molecule has 10 heavy (non-hydrogen) atoms. The van der Waals surface area contributed by atoms with Gasteiger partial charge in [-0.05, 0) is 0 Å². The average molecular weight is 158 g/mol. The lowest BCUT2D eigenvalue weighted by molar-refractivity contribution is 0.509. The van der Waals surface area contributed by atoms with Crippen LogP contribution in [-0.4, -0.2) is 11.6 Å². The minimum Gasteiger partial charge on any atom is -0.346 e. The van der Waals surface area contributed by atoms with Crippen molar-refractivity contribution >= 4 is 8.03 Å². The summed E-state index contributed by atoms with van der Waals surface area (Å²) in [7, 11) is -2.13. The van der Waals surface area contributed by atoms with Crippen LogP contribution in [0, 0.1) is 0 Å². The molecule has 1 atom stereocenters. The fraction of sp³-hybridized carbons (Fsp3) is 0.143.